The van der Waals surface area contributed by atoms with Crippen LogP contribution in [0.15, 0.2) is 58.7 Å². The summed E-state index contributed by atoms with van der Waals surface area (Å²) in [5.41, 5.74) is 7.18. The highest BCUT2D eigenvalue weighted by Gasteiger charge is 2.43. The van der Waals surface area contributed by atoms with Crippen molar-refractivity contribution in [2.24, 2.45) is 11.3 Å². The van der Waals surface area contributed by atoms with E-state index in [-0.39, 0.29) is 17.5 Å². The van der Waals surface area contributed by atoms with E-state index in [1.807, 2.05) is 0 Å². The van der Waals surface area contributed by atoms with Gasteiger partial charge in [0.1, 0.15) is 6.10 Å². The van der Waals surface area contributed by atoms with E-state index in [2.05, 4.69) is 86.3 Å². The molecule has 1 aliphatic rings. The summed E-state index contributed by atoms with van der Waals surface area (Å²) < 4.78 is 6.16. The molecule has 0 aromatic carbocycles. The summed E-state index contributed by atoms with van der Waals surface area (Å²) in [4.78, 5) is 12.8. The summed E-state index contributed by atoms with van der Waals surface area (Å²) in [6.45, 7) is 22.5. The summed E-state index contributed by atoms with van der Waals surface area (Å²) in [5, 5.41) is 0. The lowest BCUT2D eigenvalue weighted by molar-refractivity contribution is -0.159. The smallest absolute Gasteiger partial charge is 0.306 e. The van der Waals surface area contributed by atoms with Gasteiger partial charge in [0, 0.05) is 11.8 Å². The third-order valence-corrected chi connectivity index (χ3v) is 10.8. The predicted octanol–water partition coefficient (Wildman–Crippen LogP) is 15.3. The minimum atomic E-state index is -0.0699. The molecule has 48 heavy (non-hydrogen) atoms. The van der Waals surface area contributed by atoms with Gasteiger partial charge in [0.2, 0.25) is 0 Å². The Kier molecular flexibility index (Phi) is 24.8. The number of unbranched alkanes of at least 4 members (excludes halogenated alkanes) is 13. The quantitative estimate of drug-likeness (QED) is 0.0496. The fourth-order valence-electron chi connectivity index (χ4n) is 7.38. The van der Waals surface area contributed by atoms with Crippen molar-refractivity contribution in [3.05, 3.63) is 58.7 Å². The summed E-state index contributed by atoms with van der Waals surface area (Å²) >= 11 is 0. The molecule has 0 unspecified atom stereocenters. The molecule has 2 atom stereocenters. The first kappa shape index (κ1) is 44.2. The van der Waals surface area contributed by atoms with Crippen LogP contribution in [-0.2, 0) is 9.53 Å². The van der Waals surface area contributed by atoms with Crippen molar-refractivity contribution in [1.29, 1.82) is 0 Å². The summed E-state index contributed by atoms with van der Waals surface area (Å²) in [6.07, 6.45) is 38.3. The highest BCUT2D eigenvalue weighted by atomic mass is 16.5. The van der Waals surface area contributed by atoms with Crippen LogP contribution in [0.25, 0.3) is 0 Å². The van der Waals surface area contributed by atoms with Crippen molar-refractivity contribution in [1.82, 2.24) is 0 Å². The lowest BCUT2D eigenvalue weighted by Crippen LogP contribution is -2.44. The zero-order chi connectivity index (χ0) is 35.6. The Morgan fingerprint density at radius 1 is 0.667 bits per heavy atom. The molecule has 1 aliphatic carbocycles. The van der Waals surface area contributed by atoms with Crippen LogP contribution in [0.1, 0.15) is 209 Å². The third kappa shape index (κ3) is 21.3. The van der Waals surface area contributed by atoms with Crippen LogP contribution in [0.3, 0.4) is 0 Å². The molecule has 2 heteroatoms. The van der Waals surface area contributed by atoms with Crippen molar-refractivity contribution in [2.75, 3.05) is 0 Å². The molecule has 0 aliphatic heterocycles. The topological polar surface area (TPSA) is 26.3 Å². The van der Waals surface area contributed by atoms with Gasteiger partial charge in [-0.05, 0) is 111 Å². The molecule has 0 spiro atoms. The third-order valence-electron chi connectivity index (χ3n) is 10.8. The van der Waals surface area contributed by atoms with Gasteiger partial charge in [-0.15, -0.1) is 0 Å². The number of ether oxygens (including phenoxy) is 1. The zero-order valence-corrected chi connectivity index (χ0v) is 33.5. The first-order valence-corrected chi connectivity index (χ1v) is 20.4. The molecule has 2 nitrogen and oxygen atoms in total. The minimum absolute atomic E-state index is 0.00382. The van der Waals surface area contributed by atoms with E-state index >= 15 is 0 Å². The number of hydrogen-bond acceptors (Lipinski definition) is 2. The van der Waals surface area contributed by atoms with Gasteiger partial charge in [-0.1, -0.05) is 157 Å². The van der Waals surface area contributed by atoms with Gasteiger partial charge in [-0.2, -0.15) is 0 Å². The molecule has 0 bridgehead atoms. The van der Waals surface area contributed by atoms with E-state index in [9.17, 15) is 4.79 Å². The summed E-state index contributed by atoms with van der Waals surface area (Å²) in [7, 11) is 0. The molecule has 0 amide bonds. The Bertz CT molecular complexity index is 999. The van der Waals surface area contributed by atoms with Crippen LogP contribution in [-0.4, -0.2) is 12.1 Å². The van der Waals surface area contributed by atoms with Gasteiger partial charge in [-0.3, -0.25) is 4.79 Å². The van der Waals surface area contributed by atoms with Crippen molar-refractivity contribution in [3.8, 4) is 0 Å². The average Bonchev–Trinajstić information content (AvgIpc) is 3.02. The fraction of sp³-hybridized carbons (Fsp3) is 0.761. The van der Waals surface area contributed by atoms with E-state index in [0.29, 0.717) is 12.3 Å². The van der Waals surface area contributed by atoms with E-state index < -0.39 is 0 Å². The number of esters is 1. The minimum Gasteiger partial charge on any atom is -0.462 e. The Morgan fingerprint density at radius 3 is 1.65 bits per heavy atom. The van der Waals surface area contributed by atoms with Gasteiger partial charge < -0.3 is 4.74 Å². The highest BCUT2D eigenvalue weighted by molar-refractivity contribution is 5.69. The maximum atomic E-state index is 12.8. The standard InChI is InChI=1S/C46H80O2/c1-10-11-12-13-14-15-16-17-18-19-20-21-22-33-45(47)48-44-37-35-42(7)43(46(44,8)9)36-34-41(6)29-24-23-28-39(4)31-26-32-40(5)30-25-27-38(2)3/h27-29,32,43-44H,7,10-26,30-31,33-37H2,1-6,8-9H3/b39-28+,40-32+,41-29+/t43-,44+/m1/s1. The van der Waals surface area contributed by atoms with Crippen molar-refractivity contribution < 1.29 is 9.53 Å². The van der Waals surface area contributed by atoms with Gasteiger partial charge in [-0.25, -0.2) is 0 Å². The Hall–Kier alpha value is -1.83. The summed E-state index contributed by atoms with van der Waals surface area (Å²) in [6, 6.07) is 0. The second-order valence-electron chi connectivity index (χ2n) is 16.2. The normalized spacial score (nSPS) is 18.7. The molecule has 1 fully saturated rings. The molecule has 276 valence electrons. The first-order valence-electron chi connectivity index (χ1n) is 20.4. The Labute approximate surface area is 300 Å². The lowest BCUT2D eigenvalue weighted by atomic mass is 9.63. The molecular formula is C46H80O2. The second-order valence-corrected chi connectivity index (χ2v) is 16.2. The van der Waals surface area contributed by atoms with Crippen LogP contribution in [0.4, 0.5) is 0 Å². The van der Waals surface area contributed by atoms with Crippen molar-refractivity contribution >= 4 is 5.97 Å². The van der Waals surface area contributed by atoms with Crippen LogP contribution in [0.5, 0.6) is 0 Å². The lowest BCUT2D eigenvalue weighted by Gasteiger charge is -2.46. The number of carbonyl (C=O) groups is 1. The van der Waals surface area contributed by atoms with Crippen LogP contribution < -0.4 is 0 Å². The van der Waals surface area contributed by atoms with E-state index in [4.69, 9.17) is 4.74 Å². The Balaban J connectivity index is 2.31. The van der Waals surface area contributed by atoms with E-state index in [0.717, 1.165) is 70.6 Å². The molecule has 0 radical (unpaired) electrons. The molecule has 0 aromatic heterocycles. The van der Waals surface area contributed by atoms with E-state index in [1.54, 1.807) is 0 Å². The number of hydrogen-bond donors (Lipinski definition) is 0. The molecule has 1 saturated carbocycles. The van der Waals surface area contributed by atoms with Crippen LogP contribution in [0.2, 0.25) is 0 Å². The van der Waals surface area contributed by atoms with Crippen LogP contribution >= 0.6 is 0 Å². The molecule has 0 aromatic rings. The zero-order valence-electron chi connectivity index (χ0n) is 33.5. The van der Waals surface area contributed by atoms with Crippen LogP contribution in [0, 0.1) is 11.3 Å². The fourth-order valence-corrected chi connectivity index (χ4v) is 7.38. The SMILES string of the molecule is C=C1CC[C@H](OC(=O)CCCCCCCCCCCCCCC)C(C)(C)[C@@H]1CC/C(C)=C/CC/C=C(\C)CC/C=C(\C)CCC=C(C)C. The second kappa shape index (κ2) is 27.0. The van der Waals surface area contributed by atoms with Crippen molar-refractivity contribution in [2.45, 2.75) is 216 Å². The number of carbonyl (C=O) groups excluding carboxylic acids is 1. The number of allylic oxidation sites excluding steroid dienone is 9. The molecule has 1 rings (SSSR count). The molecule has 0 N–H and O–H groups in total. The van der Waals surface area contributed by atoms with Crippen molar-refractivity contribution in [3.63, 3.8) is 0 Å². The molecular weight excluding hydrogens is 585 g/mol. The average molecular weight is 665 g/mol. The largest absolute Gasteiger partial charge is 0.462 e. The van der Waals surface area contributed by atoms with Gasteiger partial charge in [0.25, 0.3) is 0 Å². The van der Waals surface area contributed by atoms with E-state index in [1.165, 1.54) is 105 Å². The molecule has 0 heterocycles. The maximum Gasteiger partial charge on any atom is 0.306 e. The Morgan fingerprint density at radius 2 is 1.12 bits per heavy atom. The summed E-state index contributed by atoms with van der Waals surface area (Å²) in [5.74, 6) is 0.400. The maximum absolute atomic E-state index is 12.8. The predicted molar refractivity (Wildman–Crippen MR) is 213 cm³/mol. The first-order chi connectivity index (χ1) is 23.0. The van der Waals surface area contributed by atoms with Gasteiger partial charge in [0.15, 0.2) is 0 Å². The molecule has 0 saturated heterocycles. The van der Waals surface area contributed by atoms with Gasteiger partial charge in [0.05, 0.1) is 0 Å². The highest BCUT2D eigenvalue weighted by Crippen LogP contribution is 2.47. The number of rotatable bonds is 27. The van der Waals surface area contributed by atoms with Gasteiger partial charge >= 0.3 is 5.97 Å². The monoisotopic (exact) mass is 665 g/mol.